The van der Waals surface area contributed by atoms with Gasteiger partial charge in [0.2, 0.25) is 5.95 Å². The number of nitrogens with one attached hydrogen (secondary N) is 2. The van der Waals surface area contributed by atoms with Crippen molar-refractivity contribution in [3.63, 3.8) is 0 Å². The molecule has 5 nitrogen and oxygen atoms in total. The van der Waals surface area contributed by atoms with Crippen molar-refractivity contribution in [3.05, 3.63) is 15.5 Å². The second kappa shape index (κ2) is 2.86. The summed E-state index contributed by atoms with van der Waals surface area (Å²) in [6.07, 6.45) is 1.56. The van der Waals surface area contributed by atoms with Gasteiger partial charge < -0.3 is 5.73 Å². The topological polar surface area (TPSA) is 83.4 Å². The summed E-state index contributed by atoms with van der Waals surface area (Å²) in [6, 6.07) is 0. The minimum absolute atomic E-state index is 0.188. The monoisotopic (exact) mass is 211 g/mol. The van der Waals surface area contributed by atoms with Crippen molar-refractivity contribution in [2.75, 3.05) is 5.73 Å². The molecule has 4 N–H and O–H groups in total. The van der Waals surface area contributed by atoms with Gasteiger partial charge in [0.1, 0.15) is 14.8 Å². The van der Waals surface area contributed by atoms with Crippen molar-refractivity contribution in [1.82, 2.24) is 20.2 Å². The fourth-order valence-corrected chi connectivity index (χ4v) is 1.38. The fraction of sp³-hybridized carbons (Fsp3) is 0. The van der Waals surface area contributed by atoms with Gasteiger partial charge in [-0.15, -0.1) is 0 Å². The molecule has 0 radical (unpaired) electrons. The van der Waals surface area contributed by atoms with Crippen LogP contribution in [0.2, 0.25) is 0 Å². The lowest BCUT2D eigenvalue weighted by molar-refractivity contribution is 1.01. The van der Waals surface area contributed by atoms with Gasteiger partial charge in [0, 0.05) is 6.20 Å². The number of hydrogen-bond acceptors (Lipinski definition) is 5. The van der Waals surface area contributed by atoms with E-state index in [1.807, 2.05) is 0 Å². The van der Waals surface area contributed by atoms with E-state index in [1.165, 1.54) is 0 Å². The number of fused-ring (bicyclic) bond motifs is 1. The first kappa shape index (κ1) is 8.27. The van der Waals surface area contributed by atoms with E-state index in [4.69, 9.17) is 30.2 Å². The van der Waals surface area contributed by atoms with Crippen molar-refractivity contribution in [1.29, 1.82) is 0 Å². The molecule has 0 unspecified atom stereocenters. The molecule has 0 aliphatic heterocycles. The van der Waals surface area contributed by atoms with Crippen LogP contribution in [0.15, 0.2) is 6.20 Å². The van der Waals surface area contributed by atoms with Crippen molar-refractivity contribution >= 4 is 41.3 Å². The Bertz CT molecular complexity index is 569. The second-order valence-electron chi connectivity index (χ2n) is 2.40. The first-order chi connectivity index (χ1) is 6.18. The van der Waals surface area contributed by atoms with E-state index in [0.717, 1.165) is 0 Å². The van der Waals surface area contributed by atoms with Gasteiger partial charge in [0.15, 0.2) is 0 Å². The molecule has 0 spiro atoms. The Morgan fingerprint density at radius 2 is 1.92 bits per heavy atom. The molecule has 66 valence electrons. The van der Waals surface area contributed by atoms with E-state index < -0.39 is 0 Å². The van der Waals surface area contributed by atoms with E-state index in [9.17, 15) is 0 Å². The zero-order chi connectivity index (χ0) is 9.42. The smallest absolute Gasteiger partial charge is 0.220 e. The number of hydrogen-bond donors (Lipinski definition) is 3. The molecule has 13 heavy (non-hydrogen) atoms. The molecule has 0 aliphatic rings. The third-order valence-electron chi connectivity index (χ3n) is 1.56. The maximum Gasteiger partial charge on any atom is 0.220 e. The summed E-state index contributed by atoms with van der Waals surface area (Å²) >= 11 is 10.00. The molecule has 0 aromatic carbocycles. The molecule has 0 aliphatic carbocycles. The Morgan fingerprint density at radius 1 is 1.23 bits per heavy atom. The number of H-pyrrole nitrogens is 2. The minimum Gasteiger partial charge on any atom is -0.368 e. The Balaban J connectivity index is 3.10. The van der Waals surface area contributed by atoms with Crippen molar-refractivity contribution in [2.24, 2.45) is 0 Å². The third-order valence-corrected chi connectivity index (χ3v) is 2.17. The van der Waals surface area contributed by atoms with Gasteiger partial charge >= 0.3 is 0 Å². The van der Waals surface area contributed by atoms with Crippen LogP contribution >= 0.6 is 24.4 Å². The number of anilines is 1. The van der Waals surface area contributed by atoms with E-state index in [-0.39, 0.29) is 5.95 Å². The van der Waals surface area contributed by atoms with Crippen LogP contribution < -0.4 is 5.73 Å². The van der Waals surface area contributed by atoms with Crippen LogP contribution in [-0.4, -0.2) is 20.2 Å². The Kier molecular flexibility index (Phi) is 1.82. The molecule has 0 atom stereocenters. The molecule has 2 aromatic rings. The normalized spacial score (nSPS) is 10.5. The van der Waals surface area contributed by atoms with Crippen molar-refractivity contribution in [2.45, 2.75) is 0 Å². The average molecular weight is 211 g/mol. The Morgan fingerprint density at radius 3 is 2.69 bits per heavy atom. The SMILES string of the molecule is Nc1ncc2c(=S)[nH][nH]c(=S)c2n1. The first-order valence-corrected chi connectivity index (χ1v) is 4.23. The predicted molar refractivity (Wildman–Crippen MR) is 54.3 cm³/mol. The third kappa shape index (κ3) is 1.31. The van der Waals surface area contributed by atoms with Gasteiger partial charge in [-0.1, -0.05) is 24.4 Å². The van der Waals surface area contributed by atoms with Crippen LogP contribution in [0, 0.1) is 9.28 Å². The van der Waals surface area contributed by atoms with Crippen LogP contribution in [-0.2, 0) is 0 Å². The maximum absolute atomic E-state index is 5.42. The summed E-state index contributed by atoms with van der Waals surface area (Å²) in [5.41, 5.74) is 5.99. The summed E-state index contributed by atoms with van der Waals surface area (Å²) in [5.74, 6) is 0.188. The molecule has 2 rings (SSSR count). The maximum atomic E-state index is 5.42. The second-order valence-corrected chi connectivity index (χ2v) is 3.22. The van der Waals surface area contributed by atoms with Gasteiger partial charge in [-0.3, -0.25) is 10.2 Å². The summed E-state index contributed by atoms with van der Waals surface area (Å²) in [5, 5.41) is 6.14. The zero-order valence-corrected chi connectivity index (χ0v) is 8.00. The van der Waals surface area contributed by atoms with Crippen LogP contribution in [0.25, 0.3) is 10.9 Å². The molecule has 2 heterocycles. The van der Waals surface area contributed by atoms with Crippen LogP contribution in [0.4, 0.5) is 5.95 Å². The largest absolute Gasteiger partial charge is 0.368 e. The zero-order valence-electron chi connectivity index (χ0n) is 6.37. The lowest BCUT2D eigenvalue weighted by Gasteiger charge is -1.97. The van der Waals surface area contributed by atoms with E-state index in [1.54, 1.807) is 6.20 Å². The highest BCUT2D eigenvalue weighted by Crippen LogP contribution is 2.11. The molecule has 0 bridgehead atoms. The van der Waals surface area contributed by atoms with Gasteiger partial charge in [-0.25, -0.2) is 9.97 Å². The number of aromatic nitrogens is 4. The van der Waals surface area contributed by atoms with Crippen molar-refractivity contribution in [3.8, 4) is 0 Å². The lowest BCUT2D eigenvalue weighted by atomic mass is 10.4. The Hall–Kier alpha value is -1.34. The molecule has 2 aromatic heterocycles. The molecule has 7 heteroatoms. The highest BCUT2D eigenvalue weighted by Gasteiger charge is 2.00. The van der Waals surface area contributed by atoms with Crippen LogP contribution in [0.1, 0.15) is 0 Å². The van der Waals surface area contributed by atoms with Gasteiger partial charge in [-0.2, -0.15) is 0 Å². The van der Waals surface area contributed by atoms with Gasteiger partial charge in [-0.05, 0) is 0 Å². The summed E-state index contributed by atoms with van der Waals surface area (Å²) < 4.78 is 0.987. The molecule has 0 amide bonds. The Labute approximate surface area is 83.0 Å². The van der Waals surface area contributed by atoms with Gasteiger partial charge in [0.05, 0.1) is 5.39 Å². The summed E-state index contributed by atoms with van der Waals surface area (Å²) in [6.45, 7) is 0. The number of nitrogens with zero attached hydrogens (tertiary/aromatic N) is 2. The highest BCUT2D eigenvalue weighted by atomic mass is 32.1. The lowest BCUT2D eigenvalue weighted by Crippen LogP contribution is -1.96. The van der Waals surface area contributed by atoms with Gasteiger partial charge in [0.25, 0.3) is 0 Å². The number of nitrogens with two attached hydrogens (primary N) is 1. The van der Waals surface area contributed by atoms with E-state index in [0.29, 0.717) is 20.2 Å². The summed E-state index contributed by atoms with van der Waals surface area (Å²) in [4.78, 5) is 7.81. The highest BCUT2D eigenvalue weighted by molar-refractivity contribution is 7.72. The molecular weight excluding hydrogens is 206 g/mol. The fourth-order valence-electron chi connectivity index (χ4n) is 0.975. The van der Waals surface area contributed by atoms with Crippen molar-refractivity contribution < 1.29 is 0 Å². The quantitative estimate of drug-likeness (QED) is 0.572. The van der Waals surface area contributed by atoms with Crippen LogP contribution in [0.3, 0.4) is 0 Å². The number of aromatic amines is 2. The number of nitrogen functional groups attached to an aromatic ring is 1. The van der Waals surface area contributed by atoms with E-state index >= 15 is 0 Å². The molecule has 0 fully saturated rings. The van der Waals surface area contributed by atoms with Crippen LogP contribution in [0.5, 0.6) is 0 Å². The average Bonchev–Trinajstić information content (AvgIpc) is 2.12. The predicted octanol–water partition coefficient (Wildman–Crippen LogP) is 1.33. The molecule has 0 saturated heterocycles. The standard InChI is InChI=1S/C6H5N5S2/c7-6-8-1-2-3(9-6)5(13)11-10-4(2)12/h1H,(H,10,12)(H,11,13)(H2,7,8,9). The summed E-state index contributed by atoms with van der Waals surface area (Å²) in [7, 11) is 0. The van der Waals surface area contributed by atoms with E-state index in [2.05, 4.69) is 20.2 Å². The first-order valence-electron chi connectivity index (χ1n) is 3.41. The number of rotatable bonds is 0. The molecular formula is C6H5N5S2. The minimum atomic E-state index is 0.188. The molecule has 0 saturated carbocycles.